The summed E-state index contributed by atoms with van der Waals surface area (Å²) in [5, 5.41) is 14.9. The van der Waals surface area contributed by atoms with Crippen molar-refractivity contribution in [3.05, 3.63) is 42.0 Å². The third-order valence-electron chi connectivity index (χ3n) is 4.80. The van der Waals surface area contributed by atoms with Gasteiger partial charge in [-0.3, -0.25) is 19.4 Å². The van der Waals surface area contributed by atoms with Gasteiger partial charge in [-0.25, -0.2) is 0 Å². The van der Waals surface area contributed by atoms with Crippen LogP contribution in [0.3, 0.4) is 0 Å². The molecule has 0 aliphatic rings. The summed E-state index contributed by atoms with van der Waals surface area (Å²) in [5.74, 6) is -0.210. The average Bonchev–Trinajstić information content (AvgIpc) is 2.87. The Hall–Kier alpha value is -3.80. The summed E-state index contributed by atoms with van der Waals surface area (Å²) in [7, 11) is 0. The lowest BCUT2D eigenvalue weighted by atomic mass is 10.0. The lowest BCUT2D eigenvalue weighted by Gasteiger charge is -2.18. The van der Waals surface area contributed by atoms with E-state index in [1.807, 2.05) is 6.92 Å². The number of carbonyl (C=O) groups excluding carboxylic acids is 3. The van der Waals surface area contributed by atoms with Gasteiger partial charge in [-0.05, 0) is 43.5 Å². The molecule has 0 spiro atoms. The van der Waals surface area contributed by atoms with Crippen LogP contribution >= 0.6 is 0 Å². The maximum atomic E-state index is 12.5. The second-order valence-corrected chi connectivity index (χ2v) is 8.22. The number of nitrogens with one attached hydrogen (secondary N) is 2. The first-order valence-corrected chi connectivity index (χ1v) is 12.6. The standard InChI is InChI=1S/C22H32N2O4.C4H11N3.C2H2/c1-3-4-5-6-7-10-21(27)24-20(16-18-11-13-19(26)14-12-18)22(28)23-15-8-9-17(2)25;1-2-3-7-4(5)6;1-2/h8-9,11-14,20,26H,3-7,10,15-16H2,1-2H3,(H,23,28)(H,24,27);2-3H2,1H3,(H4,5,6,7);1-2H/b9-8+;;/t20-;;/m0../s1. The van der Waals surface area contributed by atoms with Gasteiger partial charge in [0.1, 0.15) is 11.8 Å². The third-order valence-corrected chi connectivity index (χ3v) is 4.80. The Morgan fingerprint density at radius 1 is 1.03 bits per heavy atom. The zero-order valence-corrected chi connectivity index (χ0v) is 22.5. The number of allylic oxidation sites excluding steroid dienone is 1. The average molecular weight is 516 g/mol. The number of amides is 2. The molecular weight excluding hydrogens is 470 g/mol. The van der Waals surface area contributed by atoms with E-state index in [-0.39, 0.29) is 35.9 Å². The number of terminal acetylenes is 1. The minimum absolute atomic E-state index is 0.0914. The summed E-state index contributed by atoms with van der Waals surface area (Å²) >= 11 is 0. The van der Waals surface area contributed by atoms with Crippen LogP contribution in [0.2, 0.25) is 0 Å². The number of hydrogen-bond acceptors (Lipinski definition) is 5. The van der Waals surface area contributed by atoms with E-state index < -0.39 is 6.04 Å². The van der Waals surface area contributed by atoms with Gasteiger partial charge in [0.2, 0.25) is 11.8 Å². The zero-order chi connectivity index (χ0) is 28.5. The molecule has 0 aliphatic carbocycles. The van der Waals surface area contributed by atoms with Gasteiger partial charge in [0, 0.05) is 25.9 Å². The molecule has 0 saturated carbocycles. The van der Waals surface area contributed by atoms with Crippen molar-refractivity contribution in [2.45, 2.75) is 78.2 Å². The van der Waals surface area contributed by atoms with Crippen LogP contribution in [0.25, 0.3) is 0 Å². The monoisotopic (exact) mass is 515 g/mol. The highest BCUT2D eigenvalue weighted by Crippen LogP contribution is 2.12. The van der Waals surface area contributed by atoms with E-state index >= 15 is 0 Å². The zero-order valence-electron chi connectivity index (χ0n) is 22.5. The van der Waals surface area contributed by atoms with Crippen molar-refractivity contribution in [2.75, 3.05) is 13.1 Å². The molecule has 1 atom stereocenters. The lowest BCUT2D eigenvalue weighted by molar-refractivity contribution is -0.128. The van der Waals surface area contributed by atoms with Crippen LogP contribution < -0.4 is 22.1 Å². The van der Waals surface area contributed by atoms with Gasteiger partial charge in [0.05, 0.1) is 0 Å². The maximum absolute atomic E-state index is 12.5. The van der Waals surface area contributed by atoms with Gasteiger partial charge in [-0.15, -0.1) is 12.8 Å². The van der Waals surface area contributed by atoms with E-state index in [0.717, 1.165) is 44.2 Å². The molecule has 206 valence electrons. The first-order chi connectivity index (χ1) is 17.7. The van der Waals surface area contributed by atoms with Crippen molar-refractivity contribution in [2.24, 2.45) is 16.5 Å². The quantitative estimate of drug-likeness (QED) is 0.0793. The fourth-order valence-electron chi connectivity index (χ4n) is 2.98. The van der Waals surface area contributed by atoms with Crippen LogP contribution in [0.5, 0.6) is 5.75 Å². The van der Waals surface area contributed by atoms with Gasteiger partial charge >= 0.3 is 0 Å². The topological polar surface area (TPSA) is 160 Å². The van der Waals surface area contributed by atoms with E-state index in [0.29, 0.717) is 12.8 Å². The molecular formula is C28H45N5O4. The normalized spacial score (nSPS) is 10.6. The number of phenolic OH excluding ortho intramolecular Hbond substituents is 1. The van der Waals surface area contributed by atoms with E-state index in [1.165, 1.54) is 19.4 Å². The number of aromatic hydroxyl groups is 1. The molecule has 1 aromatic rings. The second-order valence-electron chi connectivity index (χ2n) is 8.22. The molecule has 1 rings (SSSR count). The van der Waals surface area contributed by atoms with E-state index in [1.54, 1.807) is 30.3 Å². The van der Waals surface area contributed by atoms with Crippen LogP contribution in [0, 0.1) is 12.8 Å². The highest BCUT2D eigenvalue weighted by molar-refractivity contribution is 5.89. The molecule has 7 N–H and O–H groups in total. The van der Waals surface area contributed by atoms with Crippen molar-refractivity contribution in [3.8, 4) is 18.6 Å². The number of hydrogen-bond donors (Lipinski definition) is 5. The Morgan fingerprint density at radius 2 is 1.65 bits per heavy atom. The first-order valence-electron chi connectivity index (χ1n) is 12.6. The molecule has 0 aliphatic heterocycles. The number of rotatable bonds is 15. The Labute approximate surface area is 222 Å². The molecule has 9 heteroatoms. The number of nitrogens with two attached hydrogens (primary N) is 2. The van der Waals surface area contributed by atoms with Crippen LogP contribution in [0.4, 0.5) is 0 Å². The molecule has 0 saturated heterocycles. The second kappa shape index (κ2) is 23.9. The van der Waals surface area contributed by atoms with Crippen LogP contribution in [0.1, 0.15) is 71.3 Å². The van der Waals surface area contributed by atoms with Crippen LogP contribution in [-0.2, 0) is 20.8 Å². The summed E-state index contributed by atoms with van der Waals surface area (Å²) < 4.78 is 0. The fourth-order valence-corrected chi connectivity index (χ4v) is 2.98. The van der Waals surface area contributed by atoms with Crippen LogP contribution in [-0.4, -0.2) is 47.8 Å². The van der Waals surface area contributed by atoms with Crippen molar-refractivity contribution in [1.29, 1.82) is 0 Å². The number of ketones is 1. The number of guanidine groups is 1. The third kappa shape index (κ3) is 22.4. The lowest BCUT2D eigenvalue weighted by Crippen LogP contribution is -2.48. The largest absolute Gasteiger partial charge is 0.508 e. The number of nitrogens with zero attached hydrogens (tertiary/aromatic N) is 1. The van der Waals surface area contributed by atoms with E-state index in [2.05, 4.69) is 35.4 Å². The summed E-state index contributed by atoms with van der Waals surface area (Å²) in [5.41, 5.74) is 10.8. The first kappa shape index (κ1) is 35.4. The Morgan fingerprint density at radius 3 is 2.16 bits per heavy atom. The van der Waals surface area contributed by atoms with Gasteiger partial charge in [-0.2, -0.15) is 0 Å². The van der Waals surface area contributed by atoms with Crippen molar-refractivity contribution < 1.29 is 19.5 Å². The van der Waals surface area contributed by atoms with Gasteiger partial charge in [0.25, 0.3) is 0 Å². The predicted molar refractivity (Wildman–Crippen MR) is 151 cm³/mol. The van der Waals surface area contributed by atoms with Crippen molar-refractivity contribution >= 4 is 23.6 Å². The van der Waals surface area contributed by atoms with Crippen LogP contribution in [0.15, 0.2) is 41.4 Å². The molecule has 37 heavy (non-hydrogen) atoms. The highest BCUT2D eigenvalue weighted by Gasteiger charge is 2.20. The Bertz CT molecular complexity index is 844. The number of benzene rings is 1. The molecule has 0 unspecified atom stereocenters. The van der Waals surface area contributed by atoms with Crippen molar-refractivity contribution in [1.82, 2.24) is 10.6 Å². The molecule has 0 aromatic heterocycles. The summed E-state index contributed by atoms with van der Waals surface area (Å²) in [6.45, 7) is 6.56. The summed E-state index contributed by atoms with van der Waals surface area (Å²) in [4.78, 5) is 39.4. The molecule has 0 radical (unpaired) electrons. The van der Waals surface area contributed by atoms with E-state index in [4.69, 9.17) is 11.5 Å². The van der Waals surface area contributed by atoms with Gasteiger partial charge in [-0.1, -0.05) is 57.7 Å². The maximum Gasteiger partial charge on any atom is 0.243 e. The Kier molecular flexibility index (Phi) is 22.9. The molecule has 9 nitrogen and oxygen atoms in total. The molecule has 0 fully saturated rings. The number of carbonyl (C=O) groups is 3. The minimum atomic E-state index is -0.710. The number of phenols is 1. The summed E-state index contributed by atoms with van der Waals surface area (Å²) in [6.07, 6.45) is 17.9. The van der Waals surface area contributed by atoms with E-state index in [9.17, 15) is 19.5 Å². The molecule has 0 bridgehead atoms. The number of unbranched alkanes of at least 4 members (excludes halogenated alkanes) is 4. The van der Waals surface area contributed by atoms with Gasteiger partial charge in [0.15, 0.2) is 11.7 Å². The predicted octanol–water partition coefficient (Wildman–Crippen LogP) is 2.96. The fraction of sp³-hybridized carbons (Fsp3) is 0.500. The minimum Gasteiger partial charge on any atom is -0.508 e. The molecule has 2 amide bonds. The van der Waals surface area contributed by atoms with Gasteiger partial charge < -0.3 is 27.2 Å². The highest BCUT2D eigenvalue weighted by atomic mass is 16.3. The smallest absolute Gasteiger partial charge is 0.243 e. The van der Waals surface area contributed by atoms with Crippen molar-refractivity contribution in [3.63, 3.8) is 0 Å². The SMILES string of the molecule is C#C.CCCCCCCC(=O)N[C@@H](Cc1ccc(O)cc1)C(=O)NC/C=C/C(C)=O.CCCN=C(N)N. The summed E-state index contributed by atoms with van der Waals surface area (Å²) in [6, 6.07) is 5.84. The Balaban J connectivity index is 0. The number of aliphatic imine (C=N–C) groups is 1. The molecule has 0 heterocycles. The molecule has 1 aromatic carbocycles.